The zero-order valence-corrected chi connectivity index (χ0v) is 11.1. The zero-order chi connectivity index (χ0) is 12.5. The number of hydrogen-bond donors (Lipinski definition) is 0. The number of alkyl halides is 1. The first-order valence-corrected chi connectivity index (χ1v) is 6.75. The lowest BCUT2D eigenvalue weighted by Gasteiger charge is -2.25. The van der Waals surface area contributed by atoms with Gasteiger partial charge in [-0.3, -0.25) is 0 Å². The lowest BCUT2D eigenvalue weighted by molar-refractivity contribution is 0.0593. The van der Waals surface area contributed by atoms with Crippen LogP contribution in [-0.2, 0) is 4.74 Å². The molecular formula is C13H16ClN3O. The topological polar surface area (TPSA) is 39.9 Å². The quantitative estimate of drug-likeness (QED) is 0.784. The van der Waals surface area contributed by atoms with Crippen molar-refractivity contribution >= 4 is 22.8 Å². The number of hydrogen-bond acceptors (Lipinski definition) is 3. The monoisotopic (exact) mass is 265 g/mol. The molecule has 4 nitrogen and oxygen atoms in total. The summed E-state index contributed by atoms with van der Waals surface area (Å²) in [5.74, 6) is 0.890. The molecule has 0 spiro atoms. The van der Waals surface area contributed by atoms with Gasteiger partial charge in [0.05, 0.1) is 18.0 Å². The molecule has 0 bridgehead atoms. The normalized spacial score (nSPS) is 22.2. The van der Waals surface area contributed by atoms with Gasteiger partial charge in [0.2, 0.25) is 0 Å². The fourth-order valence-corrected chi connectivity index (χ4v) is 2.67. The molecule has 2 aromatic rings. The van der Waals surface area contributed by atoms with Crippen LogP contribution in [0.3, 0.4) is 0 Å². The highest BCUT2D eigenvalue weighted by Gasteiger charge is 2.24. The summed E-state index contributed by atoms with van der Waals surface area (Å²) in [5, 5.41) is -0.124. The van der Waals surface area contributed by atoms with Crippen molar-refractivity contribution in [2.75, 3.05) is 13.2 Å². The second-order valence-electron chi connectivity index (χ2n) is 4.67. The molecule has 0 amide bonds. The second kappa shape index (κ2) is 4.86. The Morgan fingerprint density at radius 2 is 2.44 bits per heavy atom. The van der Waals surface area contributed by atoms with Gasteiger partial charge in [-0.25, -0.2) is 9.97 Å². The van der Waals surface area contributed by atoms with Crippen molar-refractivity contribution in [1.29, 1.82) is 0 Å². The maximum atomic E-state index is 6.25. The van der Waals surface area contributed by atoms with E-state index in [0.29, 0.717) is 6.04 Å². The Morgan fingerprint density at radius 3 is 3.17 bits per heavy atom. The number of rotatable bonds is 2. The molecule has 1 aliphatic heterocycles. The molecule has 5 heteroatoms. The predicted molar refractivity (Wildman–Crippen MR) is 70.9 cm³/mol. The van der Waals surface area contributed by atoms with Gasteiger partial charge in [-0.15, -0.1) is 11.6 Å². The zero-order valence-electron chi connectivity index (χ0n) is 10.3. The summed E-state index contributed by atoms with van der Waals surface area (Å²) in [6.45, 7) is 3.52. The Balaban J connectivity index is 2.14. The number of ether oxygens (including phenoxy) is 1. The molecule has 18 heavy (non-hydrogen) atoms. The summed E-state index contributed by atoms with van der Waals surface area (Å²) in [4.78, 5) is 9.05. The van der Waals surface area contributed by atoms with Crippen molar-refractivity contribution in [3.05, 3.63) is 24.2 Å². The highest BCUT2D eigenvalue weighted by molar-refractivity contribution is 6.20. The average Bonchev–Trinajstić information content (AvgIpc) is 2.79. The number of aromatic nitrogens is 3. The molecule has 1 fully saturated rings. The fourth-order valence-electron chi connectivity index (χ4n) is 2.52. The van der Waals surface area contributed by atoms with E-state index in [1.165, 1.54) is 0 Å². The third-order valence-corrected chi connectivity index (χ3v) is 3.53. The number of halogens is 1. The van der Waals surface area contributed by atoms with Gasteiger partial charge < -0.3 is 9.30 Å². The fraction of sp³-hybridized carbons (Fsp3) is 0.538. The van der Waals surface area contributed by atoms with E-state index in [0.717, 1.165) is 43.0 Å². The molecule has 1 saturated heterocycles. The summed E-state index contributed by atoms with van der Waals surface area (Å²) < 4.78 is 7.73. The van der Waals surface area contributed by atoms with Gasteiger partial charge in [-0.2, -0.15) is 0 Å². The first kappa shape index (κ1) is 11.9. The van der Waals surface area contributed by atoms with E-state index in [1.54, 1.807) is 6.20 Å². The molecule has 3 rings (SSSR count). The van der Waals surface area contributed by atoms with E-state index in [9.17, 15) is 0 Å². The molecule has 0 saturated carbocycles. The molecule has 2 atom stereocenters. The van der Waals surface area contributed by atoms with Crippen LogP contribution >= 0.6 is 11.6 Å². The van der Waals surface area contributed by atoms with Crippen LogP contribution in [0.5, 0.6) is 0 Å². The van der Waals surface area contributed by atoms with Crippen molar-refractivity contribution in [2.45, 2.75) is 31.2 Å². The maximum absolute atomic E-state index is 6.25. The molecule has 0 aromatic carbocycles. The summed E-state index contributed by atoms with van der Waals surface area (Å²) in [5.41, 5.74) is 1.82. The van der Waals surface area contributed by atoms with Gasteiger partial charge in [0.15, 0.2) is 5.65 Å². The first-order valence-electron chi connectivity index (χ1n) is 6.32. The molecule has 0 N–H and O–H groups in total. The minimum atomic E-state index is -0.124. The molecule has 96 valence electrons. The van der Waals surface area contributed by atoms with E-state index in [-0.39, 0.29) is 5.38 Å². The summed E-state index contributed by atoms with van der Waals surface area (Å²) >= 11 is 6.25. The molecular weight excluding hydrogens is 250 g/mol. The van der Waals surface area contributed by atoms with E-state index < -0.39 is 0 Å². The minimum absolute atomic E-state index is 0.124. The van der Waals surface area contributed by atoms with Crippen LogP contribution in [0.25, 0.3) is 11.2 Å². The Hall–Kier alpha value is -1.13. The third kappa shape index (κ3) is 1.99. The maximum Gasteiger partial charge on any atom is 0.160 e. The van der Waals surface area contributed by atoms with Crippen LogP contribution in [0.2, 0.25) is 0 Å². The van der Waals surface area contributed by atoms with Gasteiger partial charge in [-0.05, 0) is 31.9 Å². The van der Waals surface area contributed by atoms with Crippen molar-refractivity contribution in [3.63, 3.8) is 0 Å². The van der Waals surface area contributed by atoms with Gasteiger partial charge in [0, 0.05) is 12.8 Å². The highest BCUT2D eigenvalue weighted by Crippen LogP contribution is 2.30. The average molecular weight is 266 g/mol. The van der Waals surface area contributed by atoms with Crippen molar-refractivity contribution in [2.24, 2.45) is 0 Å². The Kier molecular flexibility index (Phi) is 3.22. The van der Waals surface area contributed by atoms with Crippen molar-refractivity contribution in [1.82, 2.24) is 14.5 Å². The van der Waals surface area contributed by atoms with Gasteiger partial charge >= 0.3 is 0 Å². The molecule has 1 aliphatic rings. The van der Waals surface area contributed by atoms with Gasteiger partial charge in [0.25, 0.3) is 0 Å². The lowest BCUT2D eigenvalue weighted by atomic mass is 10.1. The van der Waals surface area contributed by atoms with E-state index >= 15 is 0 Å². The van der Waals surface area contributed by atoms with Crippen LogP contribution in [0.15, 0.2) is 18.3 Å². The van der Waals surface area contributed by atoms with Gasteiger partial charge in [-0.1, -0.05) is 0 Å². The van der Waals surface area contributed by atoms with Crippen LogP contribution in [0.1, 0.15) is 37.0 Å². The predicted octanol–water partition coefficient (Wildman–Crippen LogP) is 3.08. The van der Waals surface area contributed by atoms with Crippen molar-refractivity contribution in [3.8, 4) is 0 Å². The largest absolute Gasteiger partial charge is 0.379 e. The van der Waals surface area contributed by atoms with Crippen LogP contribution in [-0.4, -0.2) is 27.7 Å². The van der Waals surface area contributed by atoms with Crippen LogP contribution in [0.4, 0.5) is 0 Å². The molecule has 2 unspecified atom stereocenters. The number of nitrogens with zero attached hydrogens (tertiary/aromatic N) is 3. The second-order valence-corrected chi connectivity index (χ2v) is 5.33. The van der Waals surface area contributed by atoms with E-state index in [2.05, 4.69) is 14.5 Å². The first-order chi connectivity index (χ1) is 8.77. The summed E-state index contributed by atoms with van der Waals surface area (Å²) in [6.07, 6.45) is 3.97. The molecule has 3 heterocycles. The SMILES string of the molecule is CC(Cl)c1nc2cccnc2n1C1CCCOC1. The summed E-state index contributed by atoms with van der Waals surface area (Å²) in [7, 11) is 0. The third-order valence-electron chi connectivity index (χ3n) is 3.33. The van der Waals surface area contributed by atoms with Crippen LogP contribution < -0.4 is 0 Å². The Bertz CT molecular complexity index is 546. The van der Waals surface area contributed by atoms with Gasteiger partial charge in [0.1, 0.15) is 11.3 Å². The molecule has 0 radical (unpaired) electrons. The smallest absolute Gasteiger partial charge is 0.160 e. The lowest BCUT2D eigenvalue weighted by Crippen LogP contribution is -2.23. The van der Waals surface area contributed by atoms with E-state index in [1.807, 2.05) is 19.1 Å². The Morgan fingerprint density at radius 1 is 1.56 bits per heavy atom. The highest BCUT2D eigenvalue weighted by atomic mass is 35.5. The number of pyridine rings is 1. The van der Waals surface area contributed by atoms with Crippen LogP contribution in [0, 0.1) is 0 Å². The van der Waals surface area contributed by atoms with Crippen molar-refractivity contribution < 1.29 is 4.74 Å². The molecule has 2 aromatic heterocycles. The van der Waals surface area contributed by atoms with E-state index in [4.69, 9.17) is 16.3 Å². The molecule has 0 aliphatic carbocycles. The summed E-state index contributed by atoms with van der Waals surface area (Å²) in [6, 6.07) is 4.18. The minimum Gasteiger partial charge on any atom is -0.379 e. The number of fused-ring (bicyclic) bond motifs is 1. The standard InChI is InChI=1S/C13H16ClN3O/c1-9(14)12-16-11-5-2-6-15-13(11)17(12)10-4-3-7-18-8-10/h2,5-6,9-10H,3-4,7-8H2,1H3. The number of imidazole rings is 1. The Labute approximate surface area is 111 Å².